The summed E-state index contributed by atoms with van der Waals surface area (Å²) in [6.07, 6.45) is 0. The molecule has 0 bridgehead atoms. The van der Waals surface area contributed by atoms with Crippen molar-refractivity contribution in [3.05, 3.63) is 88.4 Å². The van der Waals surface area contributed by atoms with E-state index in [1.54, 1.807) is 48.5 Å². The predicted octanol–water partition coefficient (Wildman–Crippen LogP) is 4.90. The van der Waals surface area contributed by atoms with Crippen LogP contribution in [0.1, 0.15) is 11.1 Å². The molecule has 0 saturated heterocycles. The van der Waals surface area contributed by atoms with Crippen LogP contribution in [-0.4, -0.2) is 20.9 Å². The average molecular weight is 473 g/mol. The fraction of sp³-hybridized carbons (Fsp3) is 0.136. The van der Waals surface area contributed by atoms with Gasteiger partial charge in [-0.1, -0.05) is 36.4 Å². The molecule has 0 heterocycles. The Bertz CT molecular complexity index is 1130. The highest BCUT2D eigenvalue weighted by Crippen LogP contribution is 2.26. The number of sulfonamides is 1. The van der Waals surface area contributed by atoms with E-state index in [9.17, 15) is 13.2 Å². The lowest BCUT2D eigenvalue weighted by atomic mass is 10.1. The van der Waals surface area contributed by atoms with Crippen molar-refractivity contribution in [3.8, 4) is 0 Å². The number of aryl methyl sites for hydroxylation is 2. The van der Waals surface area contributed by atoms with Gasteiger partial charge in [0.1, 0.15) is 6.54 Å². The van der Waals surface area contributed by atoms with Gasteiger partial charge in [0.15, 0.2) is 0 Å². The Morgan fingerprint density at radius 1 is 0.931 bits per heavy atom. The topological polar surface area (TPSA) is 66.5 Å². The minimum Gasteiger partial charge on any atom is -0.323 e. The molecule has 0 spiro atoms. The summed E-state index contributed by atoms with van der Waals surface area (Å²) in [4.78, 5) is 12.9. The number of anilines is 2. The molecule has 0 aliphatic heterocycles. The highest BCUT2D eigenvalue weighted by molar-refractivity contribution is 9.10. The Hall–Kier alpha value is -2.64. The number of rotatable bonds is 6. The molecule has 5 nitrogen and oxygen atoms in total. The van der Waals surface area contributed by atoms with E-state index in [2.05, 4.69) is 21.2 Å². The standard InChI is InChI=1S/C22H21BrN2O3S/c1-16-12-13-18(14-17(16)2)25(29(27,28)19-8-4-3-5-9-19)15-22(26)24-21-11-7-6-10-20(21)23/h3-14H,15H2,1-2H3,(H,24,26). The first-order chi connectivity index (χ1) is 13.8. The maximum Gasteiger partial charge on any atom is 0.264 e. The summed E-state index contributed by atoms with van der Waals surface area (Å²) in [5, 5.41) is 2.77. The van der Waals surface area contributed by atoms with Crippen LogP contribution in [0, 0.1) is 13.8 Å². The van der Waals surface area contributed by atoms with Crippen LogP contribution in [-0.2, 0) is 14.8 Å². The number of hydrogen-bond donors (Lipinski definition) is 1. The van der Waals surface area contributed by atoms with E-state index in [1.165, 1.54) is 12.1 Å². The summed E-state index contributed by atoms with van der Waals surface area (Å²) < 4.78 is 28.5. The second-order valence-electron chi connectivity index (χ2n) is 6.62. The van der Waals surface area contributed by atoms with Gasteiger partial charge in [-0.25, -0.2) is 8.42 Å². The summed E-state index contributed by atoms with van der Waals surface area (Å²) in [7, 11) is -3.92. The molecule has 0 saturated carbocycles. The van der Waals surface area contributed by atoms with Gasteiger partial charge in [-0.05, 0) is 77.3 Å². The molecule has 0 aliphatic rings. The van der Waals surface area contributed by atoms with Gasteiger partial charge < -0.3 is 5.32 Å². The Kier molecular flexibility index (Phi) is 6.39. The highest BCUT2D eigenvalue weighted by Gasteiger charge is 2.27. The van der Waals surface area contributed by atoms with Gasteiger partial charge in [0.05, 0.1) is 16.3 Å². The quantitative estimate of drug-likeness (QED) is 0.554. The fourth-order valence-electron chi connectivity index (χ4n) is 2.80. The second-order valence-corrected chi connectivity index (χ2v) is 9.34. The number of carbonyl (C=O) groups is 1. The van der Waals surface area contributed by atoms with Crippen molar-refractivity contribution in [2.24, 2.45) is 0 Å². The minimum absolute atomic E-state index is 0.131. The van der Waals surface area contributed by atoms with Crippen molar-refractivity contribution < 1.29 is 13.2 Å². The molecule has 1 amide bonds. The summed E-state index contributed by atoms with van der Waals surface area (Å²) >= 11 is 3.38. The van der Waals surface area contributed by atoms with Gasteiger partial charge in [-0.15, -0.1) is 0 Å². The number of para-hydroxylation sites is 1. The van der Waals surface area contributed by atoms with Crippen molar-refractivity contribution in [1.29, 1.82) is 0 Å². The molecular formula is C22H21BrN2O3S. The molecule has 3 rings (SSSR count). The number of halogens is 1. The molecule has 7 heteroatoms. The highest BCUT2D eigenvalue weighted by atomic mass is 79.9. The zero-order valence-corrected chi connectivity index (χ0v) is 18.5. The van der Waals surface area contributed by atoms with Crippen LogP contribution in [0.2, 0.25) is 0 Å². The molecular weight excluding hydrogens is 452 g/mol. The van der Waals surface area contributed by atoms with Crippen molar-refractivity contribution in [2.45, 2.75) is 18.7 Å². The molecule has 0 aliphatic carbocycles. The van der Waals surface area contributed by atoms with Gasteiger partial charge in [0, 0.05) is 4.47 Å². The lowest BCUT2D eigenvalue weighted by molar-refractivity contribution is -0.114. The van der Waals surface area contributed by atoms with Gasteiger partial charge >= 0.3 is 0 Å². The number of hydrogen-bond acceptors (Lipinski definition) is 3. The third-order valence-electron chi connectivity index (χ3n) is 4.54. The monoisotopic (exact) mass is 472 g/mol. The lowest BCUT2D eigenvalue weighted by Gasteiger charge is -2.25. The van der Waals surface area contributed by atoms with E-state index in [-0.39, 0.29) is 11.4 Å². The third-order valence-corrected chi connectivity index (χ3v) is 7.02. The van der Waals surface area contributed by atoms with E-state index in [0.717, 1.165) is 19.9 Å². The molecule has 29 heavy (non-hydrogen) atoms. The van der Waals surface area contributed by atoms with E-state index in [4.69, 9.17) is 0 Å². The van der Waals surface area contributed by atoms with Crippen LogP contribution in [0.25, 0.3) is 0 Å². The number of carbonyl (C=O) groups excluding carboxylic acids is 1. The molecule has 0 radical (unpaired) electrons. The first-order valence-corrected chi connectivity index (χ1v) is 11.2. The van der Waals surface area contributed by atoms with Crippen LogP contribution in [0.4, 0.5) is 11.4 Å². The molecule has 1 N–H and O–H groups in total. The fourth-order valence-corrected chi connectivity index (χ4v) is 4.62. The molecule has 3 aromatic rings. The Balaban J connectivity index is 1.98. The van der Waals surface area contributed by atoms with Crippen molar-refractivity contribution in [2.75, 3.05) is 16.2 Å². The molecule has 3 aromatic carbocycles. The van der Waals surface area contributed by atoms with Gasteiger partial charge in [-0.2, -0.15) is 0 Å². The molecule has 0 unspecified atom stereocenters. The molecule has 0 aromatic heterocycles. The normalized spacial score (nSPS) is 11.1. The minimum atomic E-state index is -3.92. The zero-order chi connectivity index (χ0) is 21.0. The summed E-state index contributed by atoms with van der Waals surface area (Å²) in [6.45, 7) is 3.52. The van der Waals surface area contributed by atoms with Crippen LogP contribution < -0.4 is 9.62 Å². The summed E-state index contributed by atoms with van der Waals surface area (Å²) in [5.41, 5.74) is 3.01. The number of nitrogens with zero attached hydrogens (tertiary/aromatic N) is 1. The molecule has 0 atom stereocenters. The number of amides is 1. The van der Waals surface area contributed by atoms with Crippen molar-refractivity contribution in [3.63, 3.8) is 0 Å². The second kappa shape index (κ2) is 8.80. The number of nitrogens with one attached hydrogen (secondary N) is 1. The lowest BCUT2D eigenvalue weighted by Crippen LogP contribution is -2.38. The Morgan fingerprint density at radius 3 is 2.24 bits per heavy atom. The third kappa shape index (κ3) is 4.86. The number of benzene rings is 3. The van der Waals surface area contributed by atoms with E-state index < -0.39 is 15.9 Å². The summed E-state index contributed by atoms with van der Waals surface area (Å²) in [6, 6.07) is 20.6. The molecule has 150 valence electrons. The average Bonchev–Trinajstić information content (AvgIpc) is 2.71. The summed E-state index contributed by atoms with van der Waals surface area (Å²) in [5.74, 6) is -0.436. The van der Waals surface area contributed by atoms with Gasteiger partial charge in [0.25, 0.3) is 10.0 Å². The van der Waals surface area contributed by atoms with Gasteiger partial charge in [-0.3, -0.25) is 9.10 Å². The smallest absolute Gasteiger partial charge is 0.264 e. The predicted molar refractivity (Wildman–Crippen MR) is 120 cm³/mol. The first-order valence-electron chi connectivity index (χ1n) is 8.98. The van der Waals surface area contributed by atoms with E-state index in [0.29, 0.717) is 11.4 Å². The Labute approximate surface area is 179 Å². The largest absolute Gasteiger partial charge is 0.323 e. The van der Waals surface area contributed by atoms with Gasteiger partial charge in [0.2, 0.25) is 5.91 Å². The Morgan fingerprint density at radius 2 is 1.59 bits per heavy atom. The van der Waals surface area contributed by atoms with Crippen molar-refractivity contribution >= 4 is 43.2 Å². The van der Waals surface area contributed by atoms with Crippen molar-refractivity contribution in [1.82, 2.24) is 0 Å². The van der Waals surface area contributed by atoms with Crippen LogP contribution in [0.15, 0.2) is 82.2 Å². The van der Waals surface area contributed by atoms with E-state index in [1.807, 2.05) is 26.0 Å². The first kappa shape index (κ1) is 21.1. The van der Waals surface area contributed by atoms with Crippen LogP contribution >= 0.6 is 15.9 Å². The zero-order valence-electron chi connectivity index (χ0n) is 16.1. The molecule has 0 fully saturated rings. The van der Waals surface area contributed by atoms with E-state index >= 15 is 0 Å². The SMILES string of the molecule is Cc1ccc(N(CC(=O)Nc2ccccc2Br)S(=O)(=O)c2ccccc2)cc1C. The van der Waals surface area contributed by atoms with Crippen LogP contribution in [0.5, 0.6) is 0 Å². The maximum atomic E-state index is 13.3. The van der Waals surface area contributed by atoms with Crippen LogP contribution in [0.3, 0.4) is 0 Å². The maximum absolute atomic E-state index is 13.3.